The van der Waals surface area contributed by atoms with E-state index in [-0.39, 0.29) is 18.0 Å². The molecular formula is C16H19N3O3. The number of rotatable bonds is 7. The Morgan fingerprint density at radius 3 is 2.77 bits per heavy atom. The van der Waals surface area contributed by atoms with Crippen LogP contribution >= 0.6 is 0 Å². The SMILES string of the molecule is CCc1cc(=O)n(CC(=O)NCCOc2ccccc2)cn1. The first-order chi connectivity index (χ1) is 10.7. The Kier molecular flexibility index (Phi) is 5.71. The summed E-state index contributed by atoms with van der Waals surface area (Å²) in [6, 6.07) is 10.8. The van der Waals surface area contributed by atoms with Crippen molar-refractivity contribution >= 4 is 5.91 Å². The van der Waals surface area contributed by atoms with Crippen LogP contribution in [0.5, 0.6) is 5.75 Å². The predicted octanol–water partition coefficient (Wildman–Crippen LogP) is 1.00. The Hall–Kier alpha value is -2.63. The molecular weight excluding hydrogens is 282 g/mol. The lowest BCUT2D eigenvalue weighted by atomic mass is 10.3. The van der Waals surface area contributed by atoms with Crippen molar-refractivity contribution in [3.63, 3.8) is 0 Å². The second-order valence-electron chi connectivity index (χ2n) is 4.71. The molecule has 0 bridgehead atoms. The first-order valence-corrected chi connectivity index (χ1v) is 7.19. The molecule has 6 heteroatoms. The topological polar surface area (TPSA) is 73.2 Å². The van der Waals surface area contributed by atoms with Crippen LogP contribution in [0.15, 0.2) is 47.5 Å². The molecule has 1 amide bonds. The van der Waals surface area contributed by atoms with Crippen LogP contribution in [-0.2, 0) is 17.8 Å². The molecule has 6 nitrogen and oxygen atoms in total. The summed E-state index contributed by atoms with van der Waals surface area (Å²) in [5.74, 6) is 0.511. The van der Waals surface area contributed by atoms with Gasteiger partial charge in [-0.2, -0.15) is 0 Å². The number of aromatic nitrogens is 2. The van der Waals surface area contributed by atoms with Gasteiger partial charge in [-0.05, 0) is 18.6 Å². The highest BCUT2D eigenvalue weighted by Gasteiger charge is 2.05. The lowest BCUT2D eigenvalue weighted by Gasteiger charge is -2.09. The van der Waals surface area contributed by atoms with Gasteiger partial charge in [0.2, 0.25) is 5.91 Å². The third kappa shape index (κ3) is 4.73. The van der Waals surface area contributed by atoms with Crippen LogP contribution in [0, 0.1) is 0 Å². The first-order valence-electron chi connectivity index (χ1n) is 7.19. The number of nitrogens with zero attached hydrogens (tertiary/aromatic N) is 2. The van der Waals surface area contributed by atoms with Crippen LogP contribution in [0.1, 0.15) is 12.6 Å². The van der Waals surface area contributed by atoms with Crippen LogP contribution in [0.4, 0.5) is 0 Å². The first kappa shape index (κ1) is 15.8. The highest BCUT2D eigenvalue weighted by atomic mass is 16.5. The van der Waals surface area contributed by atoms with E-state index < -0.39 is 0 Å². The maximum atomic E-state index is 11.8. The van der Waals surface area contributed by atoms with Crippen molar-refractivity contribution in [2.75, 3.05) is 13.2 Å². The number of hydrogen-bond donors (Lipinski definition) is 1. The van der Waals surface area contributed by atoms with Crippen LogP contribution in [-0.4, -0.2) is 28.6 Å². The smallest absolute Gasteiger partial charge is 0.253 e. The van der Waals surface area contributed by atoms with Gasteiger partial charge in [-0.1, -0.05) is 25.1 Å². The number of aryl methyl sites for hydroxylation is 1. The number of nitrogens with one attached hydrogen (secondary N) is 1. The molecule has 0 radical (unpaired) electrons. The average Bonchev–Trinajstić information content (AvgIpc) is 2.54. The van der Waals surface area contributed by atoms with E-state index in [2.05, 4.69) is 10.3 Å². The van der Waals surface area contributed by atoms with Crippen LogP contribution in [0.25, 0.3) is 0 Å². The standard InChI is InChI=1S/C16H19N3O3/c1-2-13-10-16(21)19(12-18-13)11-15(20)17-8-9-22-14-6-4-3-5-7-14/h3-7,10,12H,2,8-9,11H2,1H3,(H,17,20). The van der Waals surface area contributed by atoms with Gasteiger partial charge in [-0.25, -0.2) is 4.98 Å². The molecule has 0 spiro atoms. The molecule has 2 aromatic rings. The summed E-state index contributed by atoms with van der Waals surface area (Å²) in [7, 11) is 0. The summed E-state index contributed by atoms with van der Waals surface area (Å²) < 4.78 is 6.75. The van der Waals surface area contributed by atoms with Gasteiger partial charge < -0.3 is 10.1 Å². The van der Waals surface area contributed by atoms with Crippen molar-refractivity contribution in [1.82, 2.24) is 14.9 Å². The van der Waals surface area contributed by atoms with E-state index >= 15 is 0 Å². The number of ether oxygens (including phenoxy) is 1. The summed E-state index contributed by atoms with van der Waals surface area (Å²) in [6.07, 6.45) is 2.10. The number of amides is 1. The second-order valence-corrected chi connectivity index (χ2v) is 4.71. The number of hydrogen-bond acceptors (Lipinski definition) is 4. The summed E-state index contributed by atoms with van der Waals surface area (Å²) >= 11 is 0. The van der Waals surface area contributed by atoms with Gasteiger partial charge in [0.25, 0.3) is 5.56 Å². The molecule has 0 aliphatic carbocycles. The van der Waals surface area contributed by atoms with E-state index in [1.54, 1.807) is 0 Å². The lowest BCUT2D eigenvalue weighted by molar-refractivity contribution is -0.121. The number of carbonyl (C=O) groups excluding carboxylic acids is 1. The van der Waals surface area contributed by atoms with Crippen LogP contribution in [0.3, 0.4) is 0 Å². The van der Waals surface area contributed by atoms with E-state index in [9.17, 15) is 9.59 Å². The lowest BCUT2D eigenvalue weighted by Crippen LogP contribution is -2.34. The molecule has 1 aromatic carbocycles. The molecule has 0 saturated carbocycles. The quantitative estimate of drug-likeness (QED) is 0.774. The third-order valence-corrected chi connectivity index (χ3v) is 3.05. The second kappa shape index (κ2) is 7.97. The van der Waals surface area contributed by atoms with Gasteiger partial charge in [0.15, 0.2) is 0 Å². The van der Waals surface area contributed by atoms with Gasteiger partial charge in [-0.3, -0.25) is 14.2 Å². The molecule has 1 N–H and O–H groups in total. The van der Waals surface area contributed by atoms with Gasteiger partial charge >= 0.3 is 0 Å². The summed E-state index contributed by atoms with van der Waals surface area (Å²) in [6.45, 7) is 2.63. The molecule has 0 fully saturated rings. The molecule has 0 unspecified atom stereocenters. The Labute approximate surface area is 128 Å². The minimum absolute atomic E-state index is 0.0405. The maximum Gasteiger partial charge on any atom is 0.253 e. The van der Waals surface area contributed by atoms with E-state index in [4.69, 9.17) is 4.74 Å². The van der Waals surface area contributed by atoms with Crippen molar-refractivity contribution in [2.24, 2.45) is 0 Å². The molecule has 0 aliphatic rings. The van der Waals surface area contributed by atoms with Gasteiger partial charge in [0.1, 0.15) is 18.9 Å². The van der Waals surface area contributed by atoms with Gasteiger partial charge in [0, 0.05) is 11.8 Å². The monoisotopic (exact) mass is 301 g/mol. The minimum atomic E-state index is -0.246. The van der Waals surface area contributed by atoms with Crippen molar-refractivity contribution in [3.05, 3.63) is 58.8 Å². The van der Waals surface area contributed by atoms with E-state index in [0.717, 1.165) is 11.4 Å². The largest absolute Gasteiger partial charge is 0.492 e. The summed E-state index contributed by atoms with van der Waals surface area (Å²) in [5.41, 5.74) is 0.500. The third-order valence-electron chi connectivity index (χ3n) is 3.05. The summed E-state index contributed by atoms with van der Waals surface area (Å²) in [5, 5.41) is 2.71. The van der Waals surface area contributed by atoms with E-state index in [1.165, 1.54) is 17.0 Å². The molecule has 2 rings (SSSR count). The zero-order valence-corrected chi connectivity index (χ0v) is 12.5. The molecule has 1 aromatic heterocycles. The van der Waals surface area contributed by atoms with Crippen molar-refractivity contribution in [2.45, 2.75) is 19.9 Å². The van der Waals surface area contributed by atoms with Crippen LogP contribution < -0.4 is 15.6 Å². The number of para-hydroxylation sites is 1. The normalized spacial score (nSPS) is 10.2. The maximum absolute atomic E-state index is 11.8. The summed E-state index contributed by atoms with van der Waals surface area (Å²) in [4.78, 5) is 27.6. The van der Waals surface area contributed by atoms with Crippen molar-refractivity contribution in [1.29, 1.82) is 0 Å². The van der Waals surface area contributed by atoms with Crippen molar-refractivity contribution < 1.29 is 9.53 Å². The molecule has 1 heterocycles. The predicted molar refractivity (Wildman–Crippen MR) is 82.8 cm³/mol. The van der Waals surface area contributed by atoms with Gasteiger partial charge in [0.05, 0.1) is 12.9 Å². The molecule has 116 valence electrons. The molecule has 0 aliphatic heterocycles. The molecule has 0 atom stereocenters. The Bertz CT molecular complexity index is 668. The van der Waals surface area contributed by atoms with E-state index in [0.29, 0.717) is 19.6 Å². The van der Waals surface area contributed by atoms with Crippen LogP contribution in [0.2, 0.25) is 0 Å². The molecule has 0 saturated heterocycles. The number of benzene rings is 1. The van der Waals surface area contributed by atoms with Gasteiger partial charge in [-0.15, -0.1) is 0 Å². The molecule has 22 heavy (non-hydrogen) atoms. The fraction of sp³-hybridized carbons (Fsp3) is 0.312. The Morgan fingerprint density at radius 1 is 1.32 bits per heavy atom. The van der Waals surface area contributed by atoms with Crippen molar-refractivity contribution in [3.8, 4) is 5.75 Å². The fourth-order valence-electron chi connectivity index (χ4n) is 1.86. The zero-order valence-electron chi connectivity index (χ0n) is 12.5. The highest BCUT2D eigenvalue weighted by Crippen LogP contribution is 2.07. The fourth-order valence-corrected chi connectivity index (χ4v) is 1.86. The number of carbonyl (C=O) groups is 1. The van der Waals surface area contributed by atoms with E-state index in [1.807, 2.05) is 37.3 Å². The zero-order chi connectivity index (χ0) is 15.8. The highest BCUT2D eigenvalue weighted by molar-refractivity contribution is 5.75. The Morgan fingerprint density at radius 2 is 2.09 bits per heavy atom. The minimum Gasteiger partial charge on any atom is -0.492 e. The Balaban J connectivity index is 1.75. The average molecular weight is 301 g/mol.